The molecule has 0 unspecified atom stereocenters. The number of carbonyl (C=O) groups is 1. The van der Waals surface area contributed by atoms with Crippen molar-refractivity contribution in [3.8, 4) is 5.75 Å². The van der Waals surface area contributed by atoms with Crippen LogP contribution in [0.4, 0.5) is 5.69 Å². The van der Waals surface area contributed by atoms with E-state index >= 15 is 0 Å². The smallest absolute Gasteiger partial charge is 0.234 e. The van der Waals surface area contributed by atoms with Gasteiger partial charge in [-0.3, -0.25) is 4.79 Å². The van der Waals surface area contributed by atoms with E-state index in [0.29, 0.717) is 12.4 Å². The van der Waals surface area contributed by atoms with Gasteiger partial charge in [0.2, 0.25) is 5.91 Å². The molecule has 0 aliphatic heterocycles. The second-order valence-electron chi connectivity index (χ2n) is 6.29. The van der Waals surface area contributed by atoms with E-state index in [2.05, 4.69) is 18.3 Å². The summed E-state index contributed by atoms with van der Waals surface area (Å²) in [6, 6.07) is 15.9. The molecule has 1 aromatic heterocycles. The van der Waals surface area contributed by atoms with Crippen LogP contribution in [0, 0.1) is 6.92 Å². The van der Waals surface area contributed by atoms with Crippen LogP contribution < -0.4 is 10.1 Å². The van der Waals surface area contributed by atoms with Crippen molar-refractivity contribution in [3.05, 3.63) is 59.7 Å². The monoisotopic (exact) mass is 380 g/mol. The first-order valence-electron chi connectivity index (χ1n) is 9.15. The minimum atomic E-state index is -0.0303. The highest BCUT2D eigenvalue weighted by molar-refractivity contribution is 8.00. The van der Waals surface area contributed by atoms with Gasteiger partial charge >= 0.3 is 0 Å². The number of benzene rings is 2. The van der Waals surface area contributed by atoms with Gasteiger partial charge in [-0.25, -0.2) is 4.98 Å². The summed E-state index contributed by atoms with van der Waals surface area (Å²) in [6.07, 6.45) is 0.989. The average Bonchev–Trinajstić information content (AvgIpc) is 2.67. The summed E-state index contributed by atoms with van der Waals surface area (Å²) >= 11 is 1.46. The first-order valence-corrected chi connectivity index (χ1v) is 10.1. The molecule has 5 heteroatoms. The number of nitrogens with one attached hydrogen (secondary N) is 1. The lowest BCUT2D eigenvalue weighted by molar-refractivity contribution is -0.113. The van der Waals surface area contributed by atoms with Crippen molar-refractivity contribution >= 4 is 34.3 Å². The number of fused-ring (bicyclic) bond motifs is 1. The van der Waals surface area contributed by atoms with E-state index in [1.165, 1.54) is 17.3 Å². The topological polar surface area (TPSA) is 51.2 Å². The molecule has 0 atom stereocenters. The van der Waals surface area contributed by atoms with Gasteiger partial charge in [-0.05, 0) is 67.8 Å². The van der Waals surface area contributed by atoms with Gasteiger partial charge in [0.25, 0.3) is 0 Å². The second-order valence-corrected chi connectivity index (χ2v) is 7.25. The normalized spacial score (nSPS) is 10.8. The Balaban J connectivity index is 1.65. The zero-order chi connectivity index (χ0) is 19.2. The van der Waals surface area contributed by atoms with Gasteiger partial charge in [0.05, 0.1) is 17.9 Å². The Morgan fingerprint density at radius 2 is 1.89 bits per heavy atom. The third kappa shape index (κ3) is 5.01. The van der Waals surface area contributed by atoms with Gasteiger partial charge in [-0.15, -0.1) is 0 Å². The van der Waals surface area contributed by atoms with Gasteiger partial charge in [0.15, 0.2) is 0 Å². The van der Waals surface area contributed by atoms with Crippen molar-refractivity contribution in [2.45, 2.75) is 32.2 Å². The molecule has 0 aliphatic rings. The van der Waals surface area contributed by atoms with Crippen molar-refractivity contribution in [1.29, 1.82) is 0 Å². The van der Waals surface area contributed by atoms with E-state index in [-0.39, 0.29) is 5.91 Å². The summed E-state index contributed by atoms with van der Waals surface area (Å²) in [5.41, 5.74) is 4.04. The number of aromatic nitrogens is 1. The van der Waals surface area contributed by atoms with Crippen LogP contribution in [0.3, 0.4) is 0 Å². The number of hydrogen-bond acceptors (Lipinski definition) is 4. The van der Waals surface area contributed by atoms with Crippen molar-refractivity contribution in [3.63, 3.8) is 0 Å². The van der Waals surface area contributed by atoms with Crippen molar-refractivity contribution in [2.75, 3.05) is 17.7 Å². The summed E-state index contributed by atoms with van der Waals surface area (Å²) in [6.45, 7) is 6.74. The fraction of sp³-hybridized carbons (Fsp3) is 0.273. The molecule has 1 heterocycles. The fourth-order valence-corrected chi connectivity index (χ4v) is 3.59. The van der Waals surface area contributed by atoms with Crippen molar-refractivity contribution in [2.24, 2.45) is 0 Å². The number of nitrogens with zero attached hydrogens (tertiary/aromatic N) is 1. The fourth-order valence-electron chi connectivity index (χ4n) is 2.80. The number of carbonyl (C=O) groups excluding carboxylic acids is 1. The molecule has 1 amide bonds. The largest absolute Gasteiger partial charge is 0.494 e. The molecule has 0 saturated heterocycles. The Morgan fingerprint density at radius 3 is 2.59 bits per heavy atom. The molecule has 0 radical (unpaired) electrons. The van der Waals surface area contributed by atoms with Gasteiger partial charge in [0, 0.05) is 11.1 Å². The number of ether oxygens (including phenoxy) is 1. The lowest BCUT2D eigenvalue weighted by Gasteiger charge is -2.09. The molecule has 0 saturated carbocycles. The Hall–Kier alpha value is -2.53. The summed E-state index contributed by atoms with van der Waals surface area (Å²) in [5.74, 6) is 1.14. The third-order valence-corrected chi connectivity index (χ3v) is 5.32. The number of aryl methyl sites for hydroxylation is 2. The maximum atomic E-state index is 12.3. The van der Waals surface area contributed by atoms with Crippen LogP contribution in [0.15, 0.2) is 53.6 Å². The zero-order valence-electron chi connectivity index (χ0n) is 15.9. The van der Waals surface area contributed by atoms with Crippen LogP contribution in [0.1, 0.15) is 25.0 Å². The first kappa shape index (κ1) is 19.2. The lowest BCUT2D eigenvalue weighted by atomic mass is 10.1. The van der Waals surface area contributed by atoms with E-state index in [1.54, 1.807) is 0 Å². The molecule has 2 aromatic carbocycles. The van der Waals surface area contributed by atoms with Crippen LogP contribution in [0.25, 0.3) is 10.9 Å². The molecule has 0 aliphatic carbocycles. The van der Waals surface area contributed by atoms with Crippen LogP contribution in [-0.4, -0.2) is 23.3 Å². The number of amides is 1. The highest BCUT2D eigenvalue weighted by atomic mass is 32.2. The number of pyridine rings is 1. The Morgan fingerprint density at radius 1 is 1.11 bits per heavy atom. The maximum absolute atomic E-state index is 12.3. The first-order chi connectivity index (χ1) is 13.1. The number of hydrogen-bond donors (Lipinski definition) is 1. The molecule has 4 nitrogen and oxygen atoms in total. The highest BCUT2D eigenvalue weighted by Crippen LogP contribution is 2.27. The minimum absolute atomic E-state index is 0.0303. The standard InChI is InChI=1S/C22H24N2O2S/c1-4-16-6-8-18(9-7-16)23-21(25)14-27-22-15(3)12-17-13-19(26-5-2)10-11-20(17)24-22/h6-13H,4-5,14H2,1-3H3,(H,23,25). The quantitative estimate of drug-likeness (QED) is 0.570. The van der Waals surface area contributed by atoms with E-state index < -0.39 is 0 Å². The van der Waals surface area contributed by atoms with E-state index in [0.717, 1.165) is 39.4 Å². The van der Waals surface area contributed by atoms with E-state index in [4.69, 9.17) is 9.72 Å². The van der Waals surface area contributed by atoms with Gasteiger partial charge < -0.3 is 10.1 Å². The highest BCUT2D eigenvalue weighted by Gasteiger charge is 2.09. The SMILES string of the molecule is CCOc1ccc2nc(SCC(=O)Nc3ccc(CC)cc3)c(C)cc2c1. The Kier molecular flexibility index (Phi) is 6.35. The Labute approximate surface area is 164 Å². The van der Waals surface area contributed by atoms with Crippen molar-refractivity contribution in [1.82, 2.24) is 4.98 Å². The molecule has 0 bridgehead atoms. The second kappa shape index (κ2) is 8.91. The molecule has 3 aromatic rings. The van der Waals surface area contributed by atoms with Crippen LogP contribution in [0.5, 0.6) is 5.75 Å². The predicted octanol–water partition coefficient (Wildman–Crippen LogP) is 5.24. The number of rotatable bonds is 7. The average molecular weight is 381 g/mol. The van der Waals surface area contributed by atoms with E-state index in [9.17, 15) is 4.79 Å². The summed E-state index contributed by atoms with van der Waals surface area (Å²) in [7, 11) is 0. The van der Waals surface area contributed by atoms with Crippen LogP contribution >= 0.6 is 11.8 Å². The summed E-state index contributed by atoms with van der Waals surface area (Å²) in [4.78, 5) is 17.0. The molecule has 1 N–H and O–H groups in total. The van der Waals surface area contributed by atoms with Crippen LogP contribution in [-0.2, 0) is 11.2 Å². The molecule has 140 valence electrons. The predicted molar refractivity (Wildman–Crippen MR) is 113 cm³/mol. The summed E-state index contributed by atoms with van der Waals surface area (Å²) < 4.78 is 5.55. The number of anilines is 1. The molecule has 3 rings (SSSR count). The summed E-state index contributed by atoms with van der Waals surface area (Å²) in [5, 5.41) is 4.86. The minimum Gasteiger partial charge on any atom is -0.494 e. The molecule has 0 fully saturated rings. The lowest BCUT2D eigenvalue weighted by Crippen LogP contribution is -2.14. The van der Waals surface area contributed by atoms with Crippen molar-refractivity contribution < 1.29 is 9.53 Å². The van der Waals surface area contributed by atoms with Gasteiger partial charge in [-0.1, -0.05) is 30.8 Å². The zero-order valence-corrected chi connectivity index (χ0v) is 16.7. The van der Waals surface area contributed by atoms with Crippen LogP contribution in [0.2, 0.25) is 0 Å². The van der Waals surface area contributed by atoms with Gasteiger partial charge in [0.1, 0.15) is 10.8 Å². The van der Waals surface area contributed by atoms with E-state index in [1.807, 2.05) is 56.3 Å². The molecule has 0 spiro atoms. The third-order valence-electron chi connectivity index (χ3n) is 4.23. The molecule has 27 heavy (non-hydrogen) atoms. The Bertz CT molecular complexity index is 939. The van der Waals surface area contributed by atoms with Gasteiger partial charge in [-0.2, -0.15) is 0 Å². The number of thioether (sulfide) groups is 1. The maximum Gasteiger partial charge on any atom is 0.234 e. The molecular formula is C22H24N2O2S. The molecular weight excluding hydrogens is 356 g/mol.